The largest absolute Gasteiger partial charge is 0.442 e. The Labute approximate surface area is 161 Å². The van der Waals surface area contributed by atoms with E-state index >= 15 is 0 Å². The molecular formula is C18H23F2N3O3S. The molecule has 0 bridgehead atoms. The standard InChI is InChI=1S/C18H23F2N3O3S/c1-12(24)21-10-14-11-23(18(25)26-14)13-8-15(19)17(16(20)9-13)22-4-2-6-27-7-3-5-22/h8-9,14H,2-7,10-11H2,1H3,(H,21,24). The number of halogens is 2. The first-order valence-electron chi connectivity index (χ1n) is 9.00. The van der Waals surface area contributed by atoms with Crippen LogP contribution in [0.3, 0.4) is 0 Å². The number of cyclic esters (lactones) is 1. The molecule has 0 aromatic heterocycles. The summed E-state index contributed by atoms with van der Waals surface area (Å²) in [5.41, 5.74) is 0.0830. The molecule has 27 heavy (non-hydrogen) atoms. The molecule has 1 aromatic carbocycles. The summed E-state index contributed by atoms with van der Waals surface area (Å²) in [6.07, 6.45) is 0.502. The van der Waals surface area contributed by atoms with E-state index in [4.69, 9.17) is 4.74 Å². The van der Waals surface area contributed by atoms with Gasteiger partial charge in [-0.15, -0.1) is 0 Å². The molecule has 2 heterocycles. The van der Waals surface area contributed by atoms with E-state index in [0.717, 1.165) is 24.3 Å². The van der Waals surface area contributed by atoms with Gasteiger partial charge < -0.3 is 15.0 Å². The van der Waals surface area contributed by atoms with E-state index in [1.54, 1.807) is 4.90 Å². The van der Waals surface area contributed by atoms with E-state index in [0.29, 0.717) is 13.1 Å². The second-order valence-electron chi connectivity index (χ2n) is 6.62. The highest BCUT2D eigenvalue weighted by molar-refractivity contribution is 7.99. The van der Waals surface area contributed by atoms with E-state index in [1.807, 2.05) is 11.8 Å². The Morgan fingerprint density at radius 3 is 2.48 bits per heavy atom. The second-order valence-corrected chi connectivity index (χ2v) is 7.84. The molecule has 2 fully saturated rings. The molecule has 0 saturated carbocycles. The predicted octanol–water partition coefficient (Wildman–Crippen LogP) is 2.76. The molecule has 3 rings (SSSR count). The molecule has 0 spiro atoms. The van der Waals surface area contributed by atoms with Gasteiger partial charge in [-0.3, -0.25) is 9.69 Å². The van der Waals surface area contributed by atoms with E-state index in [-0.39, 0.29) is 30.4 Å². The lowest BCUT2D eigenvalue weighted by Crippen LogP contribution is -2.33. The number of nitrogens with one attached hydrogen (secondary N) is 1. The van der Waals surface area contributed by atoms with Gasteiger partial charge in [0.15, 0.2) is 11.6 Å². The van der Waals surface area contributed by atoms with E-state index < -0.39 is 23.8 Å². The molecule has 1 N–H and O–H groups in total. The van der Waals surface area contributed by atoms with Crippen molar-refractivity contribution in [2.75, 3.05) is 47.5 Å². The SMILES string of the molecule is CC(=O)NCC1CN(c2cc(F)c(N3CCCSCCC3)c(F)c2)C(=O)O1. The number of hydrogen-bond donors (Lipinski definition) is 1. The van der Waals surface area contributed by atoms with Crippen LogP contribution in [-0.2, 0) is 9.53 Å². The van der Waals surface area contributed by atoms with Gasteiger partial charge in [0, 0.05) is 32.1 Å². The van der Waals surface area contributed by atoms with Crippen LogP contribution in [0.25, 0.3) is 0 Å². The number of benzene rings is 1. The van der Waals surface area contributed by atoms with E-state index in [1.165, 1.54) is 24.0 Å². The van der Waals surface area contributed by atoms with Gasteiger partial charge in [0.1, 0.15) is 11.8 Å². The first-order valence-corrected chi connectivity index (χ1v) is 10.2. The Balaban J connectivity index is 1.76. The molecule has 2 amide bonds. The molecule has 1 aromatic rings. The van der Waals surface area contributed by atoms with Crippen LogP contribution >= 0.6 is 11.8 Å². The highest BCUT2D eigenvalue weighted by atomic mass is 32.2. The molecule has 1 atom stereocenters. The minimum atomic E-state index is -0.684. The molecule has 9 heteroatoms. The van der Waals surface area contributed by atoms with Crippen LogP contribution in [0.5, 0.6) is 0 Å². The van der Waals surface area contributed by atoms with Gasteiger partial charge in [-0.1, -0.05) is 0 Å². The van der Waals surface area contributed by atoms with Crippen LogP contribution in [0.2, 0.25) is 0 Å². The van der Waals surface area contributed by atoms with Crippen molar-refractivity contribution >= 4 is 35.1 Å². The van der Waals surface area contributed by atoms with Crippen molar-refractivity contribution in [2.45, 2.75) is 25.9 Å². The fourth-order valence-corrected chi connectivity index (χ4v) is 4.13. The Morgan fingerprint density at radius 2 is 1.89 bits per heavy atom. The fourth-order valence-electron chi connectivity index (χ4n) is 3.26. The van der Waals surface area contributed by atoms with Crippen LogP contribution < -0.4 is 15.1 Å². The Morgan fingerprint density at radius 1 is 1.26 bits per heavy atom. The molecule has 2 saturated heterocycles. The maximum absolute atomic E-state index is 14.7. The van der Waals surface area contributed by atoms with Crippen molar-refractivity contribution in [3.05, 3.63) is 23.8 Å². The van der Waals surface area contributed by atoms with Crippen molar-refractivity contribution in [1.82, 2.24) is 5.32 Å². The summed E-state index contributed by atoms with van der Waals surface area (Å²) in [6.45, 7) is 2.85. The zero-order valence-corrected chi connectivity index (χ0v) is 16.0. The van der Waals surface area contributed by atoms with Gasteiger partial charge in [0.05, 0.1) is 18.8 Å². The monoisotopic (exact) mass is 399 g/mol. The minimum Gasteiger partial charge on any atom is -0.442 e. The first kappa shape index (κ1) is 19.7. The maximum Gasteiger partial charge on any atom is 0.414 e. The number of thioether (sulfide) groups is 1. The number of nitrogens with zero attached hydrogens (tertiary/aromatic N) is 2. The number of anilines is 2. The van der Waals surface area contributed by atoms with Crippen LogP contribution in [0.15, 0.2) is 12.1 Å². The molecule has 2 aliphatic heterocycles. The third-order valence-corrected chi connectivity index (χ3v) is 5.67. The Kier molecular flexibility index (Phi) is 6.41. The molecule has 0 radical (unpaired) electrons. The molecular weight excluding hydrogens is 376 g/mol. The molecule has 148 valence electrons. The average Bonchev–Trinajstić information content (AvgIpc) is 2.95. The molecule has 2 aliphatic rings. The third-order valence-electron chi connectivity index (χ3n) is 4.52. The topological polar surface area (TPSA) is 61.9 Å². The second kappa shape index (κ2) is 8.77. The first-order chi connectivity index (χ1) is 13.0. The van der Waals surface area contributed by atoms with Crippen molar-refractivity contribution in [3.63, 3.8) is 0 Å². The van der Waals surface area contributed by atoms with Crippen LogP contribution in [0.1, 0.15) is 19.8 Å². The minimum absolute atomic E-state index is 0.0342. The quantitative estimate of drug-likeness (QED) is 0.844. The summed E-state index contributed by atoms with van der Waals surface area (Å²) in [5, 5.41) is 2.57. The summed E-state index contributed by atoms with van der Waals surface area (Å²) in [4.78, 5) is 26.0. The van der Waals surface area contributed by atoms with Gasteiger partial charge in [0.2, 0.25) is 5.91 Å². The molecule has 0 aliphatic carbocycles. The highest BCUT2D eigenvalue weighted by Crippen LogP contribution is 2.31. The zero-order valence-electron chi connectivity index (χ0n) is 15.2. The van der Waals surface area contributed by atoms with Gasteiger partial charge in [-0.25, -0.2) is 13.6 Å². The lowest BCUT2D eigenvalue weighted by molar-refractivity contribution is -0.119. The normalized spacial score (nSPS) is 20.9. The maximum atomic E-state index is 14.7. The summed E-state index contributed by atoms with van der Waals surface area (Å²) in [7, 11) is 0. The van der Waals surface area contributed by atoms with E-state index in [9.17, 15) is 18.4 Å². The van der Waals surface area contributed by atoms with Gasteiger partial charge in [-0.05, 0) is 24.3 Å². The van der Waals surface area contributed by atoms with Crippen LogP contribution in [-0.4, -0.2) is 55.8 Å². The summed E-state index contributed by atoms with van der Waals surface area (Å²) < 4.78 is 34.6. The lowest BCUT2D eigenvalue weighted by atomic mass is 10.2. The highest BCUT2D eigenvalue weighted by Gasteiger charge is 2.33. The van der Waals surface area contributed by atoms with Crippen molar-refractivity contribution < 1.29 is 23.1 Å². The number of ether oxygens (including phenoxy) is 1. The smallest absolute Gasteiger partial charge is 0.414 e. The van der Waals surface area contributed by atoms with Gasteiger partial charge in [0.25, 0.3) is 0 Å². The fraction of sp³-hybridized carbons (Fsp3) is 0.556. The van der Waals surface area contributed by atoms with E-state index in [2.05, 4.69) is 5.32 Å². The Hall–Kier alpha value is -2.03. The third kappa shape index (κ3) is 4.82. The van der Waals surface area contributed by atoms with Gasteiger partial charge in [-0.2, -0.15) is 11.8 Å². The van der Waals surface area contributed by atoms with Crippen molar-refractivity contribution in [3.8, 4) is 0 Å². The van der Waals surface area contributed by atoms with Crippen molar-refractivity contribution in [1.29, 1.82) is 0 Å². The zero-order chi connectivity index (χ0) is 19.4. The molecule has 6 nitrogen and oxygen atoms in total. The Bertz CT molecular complexity index is 688. The summed E-state index contributed by atoms with van der Waals surface area (Å²) >= 11 is 1.86. The number of rotatable bonds is 4. The van der Waals surface area contributed by atoms with Crippen LogP contribution in [0.4, 0.5) is 25.0 Å². The lowest BCUT2D eigenvalue weighted by Gasteiger charge is -2.28. The predicted molar refractivity (Wildman–Crippen MR) is 101 cm³/mol. The number of carbonyl (C=O) groups excluding carboxylic acids is 2. The number of carbonyl (C=O) groups is 2. The average molecular weight is 399 g/mol. The molecule has 1 unspecified atom stereocenters. The number of amides is 2. The van der Waals surface area contributed by atoms with Crippen LogP contribution in [0, 0.1) is 11.6 Å². The van der Waals surface area contributed by atoms with Crippen molar-refractivity contribution in [2.24, 2.45) is 0 Å². The summed E-state index contributed by atoms with van der Waals surface area (Å²) in [5.74, 6) is 0.352. The summed E-state index contributed by atoms with van der Waals surface area (Å²) in [6, 6.07) is 2.35. The number of hydrogen-bond acceptors (Lipinski definition) is 5. The van der Waals surface area contributed by atoms with Gasteiger partial charge >= 0.3 is 6.09 Å².